The maximum atomic E-state index is 12.7. The number of carbonyl (C=O) groups excluding carboxylic acids is 1. The van der Waals surface area contributed by atoms with Gasteiger partial charge in [-0.05, 0) is 57.4 Å². The number of amides is 1. The van der Waals surface area contributed by atoms with Crippen LogP contribution in [0.2, 0.25) is 0 Å². The maximum Gasteiger partial charge on any atom is 0.236 e. The van der Waals surface area contributed by atoms with Crippen LogP contribution in [-0.2, 0) is 14.6 Å². The molecular formula is C17H25NO3S2. The maximum absolute atomic E-state index is 12.7. The van der Waals surface area contributed by atoms with Gasteiger partial charge in [0.1, 0.15) is 0 Å². The zero-order chi connectivity index (χ0) is 17.2. The fraction of sp³-hybridized carbons (Fsp3) is 0.588. The molecule has 0 spiro atoms. The molecule has 0 aliphatic carbocycles. The Labute approximate surface area is 143 Å². The topological polar surface area (TPSA) is 54.5 Å². The summed E-state index contributed by atoms with van der Waals surface area (Å²) < 4.78 is 23.3. The molecule has 6 heteroatoms. The van der Waals surface area contributed by atoms with Crippen LogP contribution in [0, 0.1) is 13.8 Å². The summed E-state index contributed by atoms with van der Waals surface area (Å²) in [4.78, 5) is 15.6. The standard InChI is InChI=1S/C17H25NO3S2/c1-5-18(15-8-9-23(20,21)11-15)17(19)14(4)22-16-7-6-12(2)13(3)10-16/h6-7,10,14-15H,5,8-9,11H2,1-4H3/t14-,15+/m0/s1. The molecule has 4 nitrogen and oxygen atoms in total. The lowest BCUT2D eigenvalue weighted by atomic mass is 10.1. The van der Waals surface area contributed by atoms with Crippen LogP contribution in [0.3, 0.4) is 0 Å². The number of hydrogen-bond acceptors (Lipinski definition) is 4. The van der Waals surface area contributed by atoms with Gasteiger partial charge in [-0.3, -0.25) is 4.79 Å². The van der Waals surface area contributed by atoms with E-state index in [1.807, 2.05) is 19.9 Å². The van der Waals surface area contributed by atoms with Crippen molar-refractivity contribution in [1.29, 1.82) is 0 Å². The Balaban J connectivity index is 2.06. The predicted octanol–water partition coefficient (Wildman–Crippen LogP) is 2.82. The van der Waals surface area contributed by atoms with Crippen LogP contribution in [0.25, 0.3) is 0 Å². The molecule has 1 amide bonds. The van der Waals surface area contributed by atoms with Gasteiger partial charge in [-0.25, -0.2) is 8.42 Å². The minimum Gasteiger partial charge on any atom is -0.338 e. The van der Waals surface area contributed by atoms with Crippen LogP contribution in [0.15, 0.2) is 23.1 Å². The molecule has 23 heavy (non-hydrogen) atoms. The second-order valence-corrected chi connectivity index (χ2v) is 9.83. The molecule has 1 fully saturated rings. The fourth-order valence-corrected chi connectivity index (χ4v) is 5.66. The van der Waals surface area contributed by atoms with Crippen molar-refractivity contribution in [1.82, 2.24) is 4.90 Å². The van der Waals surface area contributed by atoms with Gasteiger partial charge in [0, 0.05) is 17.5 Å². The number of thioether (sulfide) groups is 1. The third-order valence-corrected chi connectivity index (χ3v) is 7.24. The van der Waals surface area contributed by atoms with Crippen LogP contribution >= 0.6 is 11.8 Å². The highest BCUT2D eigenvalue weighted by Crippen LogP contribution is 2.28. The monoisotopic (exact) mass is 355 g/mol. The zero-order valence-electron chi connectivity index (χ0n) is 14.2. The summed E-state index contributed by atoms with van der Waals surface area (Å²) in [5.74, 6) is 0.325. The second kappa shape index (κ2) is 7.26. The summed E-state index contributed by atoms with van der Waals surface area (Å²) in [6.07, 6.45) is 0.558. The summed E-state index contributed by atoms with van der Waals surface area (Å²) >= 11 is 1.54. The van der Waals surface area contributed by atoms with Crippen molar-refractivity contribution in [3.8, 4) is 0 Å². The first-order valence-electron chi connectivity index (χ1n) is 7.98. The van der Waals surface area contributed by atoms with E-state index in [9.17, 15) is 13.2 Å². The van der Waals surface area contributed by atoms with E-state index in [1.165, 1.54) is 22.9 Å². The van der Waals surface area contributed by atoms with Gasteiger partial charge < -0.3 is 4.90 Å². The normalized spacial score (nSPS) is 21.1. The first-order valence-corrected chi connectivity index (χ1v) is 10.7. The Bertz CT molecular complexity index is 685. The van der Waals surface area contributed by atoms with Crippen molar-refractivity contribution >= 4 is 27.5 Å². The lowest BCUT2D eigenvalue weighted by molar-refractivity contribution is -0.131. The van der Waals surface area contributed by atoms with Gasteiger partial charge in [-0.2, -0.15) is 0 Å². The highest BCUT2D eigenvalue weighted by molar-refractivity contribution is 8.00. The SMILES string of the molecule is CCN(C(=O)[C@H](C)Sc1ccc(C)c(C)c1)[C@@H]1CCS(=O)(=O)C1. The number of nitrogens with zero attached hydrogens (tertiary/aromatic N) is 1. The first-order chi connectivity index (χ1) is 10.7. The number of carbonyl (C=O) groups is 1. The van der Waals surface area contributed by atoms with E-state index in [-0.39, 0.29) is 28.7 Å². The van der Waals surface area contributed by atoms with E-state index in [0.717, 1.165) is 4.90 Å². The molecule has 0 N–H and O–H groups in total. The number of sulfone groups is 1. The highest BCUT2D eigenvalue weighted by Gasteiger charge is 2.35. The molecule has 128 valence electrons. The first kappa shape index (κ1) is 18.3. The fourth-order valence-electron chi connectivity index (χ4n) is 2.89. The molecule has 2 atom stereocenters. The third kappa shape index (κ3) is 4.51. The van der Waals surface area contributed by atoms with Crippen LogP contribution < -0.4 is 0 Å². The lowest BCUT2D eigenvalue weighted by Crippen LogP contribution is -2.44. The Morgan fingerprint density at radius 1 is 1.35 bits per heavy atom. The Hall–Kier alpha value is -1.01. The highest BCUT2D eigenvalue weighted by atomic mass is 32.2. The molecule has 1 aromatic carbocycles. The molecule has 0 bridgehead atoms. The van der Waals surface area contributed by atoms with Crippen molar-refractivity contribution in [2.24, 2.45) is 0 Å². The second-order valence-electron chi connectivity index (χ2n) is 6.19. The van der Waals surface area contributed by atoms with Crippen LogP contribution in [-0.4, -0.2) is 48.6 Å². The Kier molecular flexibility index (Phi) is 5.79. The van der Waals surface area contributed by atoms with E-state index >= 15 is 0 Å². The third-order valence-electron chi connectivity index (χ3n) is 4.41. The Morgan fingerprint density at radius 2 is 2.04 bits per heavy atom. The van der Waals surface area contributed by atoms with E-state index in [1.54, 1.807) is 4.90 Å². The number of aryl methyl sites for hydroxylation is 2. The molecule has 0 aromatic heterocycles. The van der Waals surface area contributed by atoms with E-state index in [2.05, 4.69) is 26.0 Å². The average molecular weight is 356 g/mol. The quantitative estimate of drug-likeness (QED) is 0.762. The minimum absolute atomic E-state index is 0.0258. The van der Waals surface area contributed by atoms with Crippen LogP contribution in [0.5, 0.6) is 0 Å². The van der Waals surface area contributed by atoms with Crippen molar-refractivity contribution in [3.63, 3.8) is 0 Å². The van der Waals surface area contributed by atoms with Gasteiger partial charge >= 0.3 is 0 Å². The summed E-state index contributed by atoms with van der Waals surface area (Å²) in [6, 6.07) is 6.03. The van der Waals surface area contributed by atoms with E-state index < -0.39 is 9.84 Å². The molecule has 1 aliphatic rings. The number of benzene rings is 1. The van der Waals surface area contributed by atoms with Crippen molar-refractivity contribution < 1.29 is 13.2 Å². The van der Waals surface area contributed by atoms with E-state index in [4.69, 9.17) is 0 Å². The smallest absolute Gasteiger partial charge is 0.236 e. The summed E-state index contributed by atoms with van der Waals surface area (Å²) in [5.41, 5.74) is 2.45. The van der Waals surface area contributed by atoms with Gasteiger partial charge in [-0.15, -0.1) is 11.8 Å². The van der Waals surface area contributed by atoms with Gasteiger partial charge in [0.2, 0.25) is 5.91 Å². The number of rotatable bonds is 5. The van der Waals surface area contributed by atoms with Crippen molar-refractivity contribution in [2.75, 3.05) is 18.1 Å². The molecule has 1 heterocycles. The molecule has 2 rings (SSSR count). The zero-order valence-corrected chi connectivity index (χ0v) is 15.8. The summed E-state index contributed by atoms with van der Waals surface area (Å²) in [5, 5.41) is -0.222. The average Bonchev–Trinajstić information content (AvgIpc) is 2.83. The lowest BCUT2D eigenvalue weighted by Gasteiger charge is -2.29. The molecular weight excluding hydrogens is 330 g/mol. The predicted molar refractivity (Wildman–Crippen MR) is 95.7 cm³/mol. The molecule has 0 saturated carbocycles. The minimum atomic E-state index is -2.98. The number of hydrogen-bond donors (Lipinski definition) is 0. The summed E-state index contributed by atoms with van der Waals surface area (Å²) in [7, 11) is -2.98. The van der Waals surface area contributed by atoms with Gasteiger partial charge in [0.05, 0.1) is 16.8 Å². The molecule has 0 radical (unpaired) electrons. The molecule has 1 aliphatic heterocycles. The summed E-state index contributed by atoms with van der Waals surface area (Å²) in [6.45, 7) is 8.49. The van der Waals surface area contributed by atoms with Gasteiger partial charge in [0.15, 0.2) is 9.84 Å². The van der Waals surface area contributed by atoms with Crippen LogP contribution in [0.4, 0.5) is 0 Å². The van der Waals surface area contributed by atoms with Crippen molar-refractivity contribution in [2.45, 2.75) is 50.3 Å². The molecule has 0 unspecified atom stereocenters. The molecule has 1 saturated heterocycles. The van der Waals surface area contributed by atoms with Crippen LogP contribution in [0.1, 0.15) is 31.4 Å². The molecule has 1 aromatic rings. The van der Waals surface area contributed by atoms with Gasteiger partial charge in [-0.1, -0.05) is 6.07 Å². The van der Waals surface area contributed by atoms with Crippen molar-refractivity contribution in [3.05, 3.63) is 29.3 Å². The van der Waals surface area contributed by atoms with E-state index in [0.29, 0.717) is 13.0 Å². The largest absolute Gasteiger partial charge is 0.338 e. The Morgan fingerprint density at radius 3 is 2.57 bits per heavy atom. The van der Waals surface area contributed by atoms with Gasteiger partial charge in [0.25, 0.3) is 0 Å².